The third kappa shape index (κ3) is 4.98. The monoisotopic (exact) mass is 456 g/mol. The Morgan fingerprint density at radius 1 is 0.875 bits per heavy atom. The number of carboxylic acids is 1. The fourth-order valence-corrected chi connectivity index (χ4v) is 3.92. The number of carboxylic acid groups (broad SMARTS) is 1. The van der Waals surface area contributed by atoms with E-state index in [4.69, 9.17) is 14.6 Å². The van der Waals surface area contributed by atoms with Crippen molar-refractivity contribution in [3.8, 4) is 11.5 Å². The second kappa shape index (κ2) is 9.40. The Kier molecular flexibility index (Phi) is 6.64. The maximum absolute atomic E-state index is 12.9. The molecule has 3 N–H and O–H groups in total. The van der Waals surface area contributed by atoms with Gasteiger partial charge in [-0.1, -0.05) is 12.1 Å². The van der Waals surface area contributed by atoms with Crippen LogP contribution in [0.15, 0.2) is 71.6 Å². The van der Waals surface area contributed by atoms with E-state index < -0.39 is 21.9 Å². The van der Waals surface area contributed by atoms with Crippen molar-refractivity contribution < 1.29 is 32.6 Å². The first-order chi connectivity index (χ1) is 15.2. The van der Waals surface area contributed by atoms with Crippen LogP contribution < -0.4 is 19.5 Å². The van der Waals surface area contributed by atoms with E-state index in [1.54, 1.807) is 30.3 Å². The molecule has 0 saturated heterocycles. The zero-order valence-corrected chi connectivity index (χ0v) is 18.0. The number of hydrogen-bond donors (Lipinski definition) is 3. The van der Waals surface area contributed by atoms with Crippen molar-refractivity contribution in [2.45, 2.75) is 4.90 Å². The SMILES string of the molecule is COc1ccc(NC(=O)c2ccccc2NS(=O)(=O)c2ccc(C(=O)O)cc2)c(OC)c1. The average Bonchev–Trinajstić information content (AvgIpc) is 2.79. The quantitative estimate of drug-likeness (QED) is 0.473. The molecule has 3 aromatic rings. The smallest absolute Gasteiger partial charge is 0.335 e. The summed E-state index contributed by atoms with van der Waals surface area (Å²) in [5.41, 5.74) is 0.466. The minimum absolute atomic E-state index is 0.0443. The van der Waals surface area contributed by atoms with Crippen LogP contribution in [-0.4, -0.2) is 39.6 Å². The fourth-order valence-electron chi connectivity index (χ4n) is 2.84. The van der Waals surface area contributed by atoms with Gasteiger partial charge in [-0.2, -0.15) is 0 Å². The van der Waals surface area contributed by atoms with Crippen LogP contribution in [0.4, 0.5) is 11.4 Å². The summed E-state index contributed by atoms with van der Waals surface area (Å²) in [6.07, 6.45) is 0. The summed E-state index contributed by atoms with van der Waals surface area (Å²) in [5.74, 6) is -0.818. The minimum Gasteiger partial charge on any atom is -0.497 e. The summed E-state index contributed by atoms with van der Waals surface area (Å²) >= 11 is 0. The van der Waals surface area contributed by atoms with Gasteiger partial charge in [0.2, 0.25) is 0 Å². The predicted octanol–water partition coefficient (Wildman–Crippen LogP) is 3.46. The largest absolute Gasteiger partial charge is 0.497 e. The molecular weight excluding hydrogens is 436 g/mol. The highest BCUT2D eigenvalue weighted by Gasteiger charge is 2.20. The Labute approximate surface area is 184 Å². The van der Waals surface area contributed by atoms with Crippen molar-refractivity contribution in [3.05, 3.63) is 77.9 Å². The zero-order chi connectivity index (χ0) is 23.3. The number of para-hydroxylation sites is 1. The number of ether oxygens (including phenoxy) is 2. The van der Waals surface area contributed by atoms with E-state index in [-0.39, 0.29) is 21.7 Å². The van der Waals surface area contributed by atoms with Crippen molar-refractivity contribution in [1.29, 1.82) is 0 Å². The molecule has 0 aliphatic rings. The van der Waals surface area contributed by atoms with Crippen molar-refractivity contribution in [2.75, 3.05) is 24.3 Å². The summed E-state index contributed by atoms with van der Waals surface area (Å²) in [4.78, 5) is 23.7. The molecule has 0 unspecified atom stereocenters. The van der Waals surface area contributed by atoms with Crippen LogP contribution in [0.2, 0.25) is 0 Å². The van der Waals surface area contributed by atoms with Gasteiger partial charge in [-0.05, 0) is 48.5 Å². The van der Waals surface area contributed by atoms with Gasteiger partial charge in [0.1, 0.15) is 11.5 Å². The summed E-state index contributed by atoms with van der Waals surface area (Å²) in [5, 5.41) is 11.7. The van der Waals surface area contributed by atoms with Crippen molar-refractivity contribution in [1.82, 2.24) is 0 Å². The molecule has 0 spiro atoms. The number of rotatable bonds is 8. The lowest BCUT2D eigenvalue weighted by Crippen LogP contribution is -2.19. The molecule has 0 radical (unpaired) electrons. The number of methoxy groups -OCH3 is 2. The number of carbonyl (C=O) groups excluding carboxylic acids is 1. The summed E-state index contributed by atoms with van der Waals surface area (Å²) < 4.78 is 38.3. The van der Waals surface area contributed by atoms with Gasteiger partial charge in [0.15, 0.2) is 0 Å². The van der Waals surface area contributed by atoms with Gasteiger partial charge >= 0.3 is 5.97 Å². The van der Waals surface area contributed by atoms with E-state index in [2.05, 4.69) is 10.0 Å². The third-order valence-electron chi connectivity index (χ3n) is 4.48. The molecule has 32 heavy (non-hydrogen) atoms. The van der Waals surface area contributed by atoms with Crippen LogP contribution in [0.1, 0.15) is 20.7 Å². The number of aromatic carboxylic acids is 1. The molecule has 9 nitrogen and oxygen atoms in total. The molecule has 0 aromatic heterocycles. The Morgan fingerprint density at radius 3 is 2.19 bits per heavy atom. The molecular formula is C22H20N2O7S. The first kappa shape index (κ1) is 22.6. The Bertz CT molecular complexity index is 1260. The summed E-state index contributed by atoms with van der Waals surface area (Å²) in [6, 6.07) is 15.7. The first-order valence-corrected chi connectivity index (χ1v) is 10.7. The van der Waals surface area contributed by atoms with Gasteiger partial charge < -0.3 is 19.9 Å². The van der Waals surface area contributed by atoms with Gasteiger partial charge in [0, 0.05) is 6.07 Å². The molecule has 0 heterocycles. The highest BCUT2D eigenvalue weighted by Crippen LogP contribution is 2.30. The topological polar surface area (TPSA) is 131 Å². The number of anilines is 2. The number of nitrogens with one attached hydrogen (secondary N) is 2. The molecule has 0 aliphatic heterocycles. The predicted molar refractivity (Wildman–Crippen MR) is 118 cm³/mol. The number of carbonyl (C=O) groups is 2. The lowest BCUT2D eigenvalue weighted by Gasteiger charge is -2.15. The van der Waals surface area contributed by atoms with Crippen LogP contribution >= 0.6 is 0 Å². The summed E-state index contributed by atoms with van der Waals surface area (Å²) in [6.45, 7) is 0. The Balaban J connectivity index is 1.87. The van der Waals surface area contributed by atoms with Crippen molar-refractivity contribution >= 4 is 33.3 Å². The highest BCUT2D eigenvalue weighted by molar-refractivity contribution is 7.92. The normalized spacial score (nSPS) is 10.8. The molecule has 1 amide bonds. The molecule has 0 bridgehead atoms. The fraction of sp³-hybridized carbons (Fsp3) is 0.0909. The van der Waals surface area contributed by atoms with E-state index in [9.17, 15) is 18.0 Å². The van der Waals surface area contributed by atoms with Gasteiger partial charge in [0.25, 0.3) is 15.9 Å². The van der Waals surface area contributed by atoms with Crippen molar-refractivity contribution in [2.24, 2.45) is 0 Å². The van der Waals surface area contributed by atoms with Crippen LogP contribution in [0.3, 0.4) is 0 Å². The highest BCUT2D eigenvalue weighted by atomic mass is 32.2. The lowest BCUT2D eigenvalue weighted by molar-refractivity contribution is 0.0696. The molecule has 0 atom stereocenters. The number of benzene rings is 3. The second-order valence-electron chi connectivity index (χ2n) is 6.50. The van der Waals surface area contributed by atoms with E-state index in [0.717, 1.165) is 0 Å². The van der Waals surface area contributed by atoms with Crippen LogP contribution in [0.25, 0.3) is 0 Å². The van der Waals surface area contributed by atoms with E-state index in [0.29, 0.717) is 17.2 Å². The molecule has 166 valence electrons. The third-order valence-corrected chi connectivity index (χ3v) is 5.87. The van der Waals surface area contributed by atoms with Gasteiger partial charge in [-0.25, -0.2) is 13.2 Å². The lowest BCUT2D eigenvalue weighted by atomic mass is 10.1. The van der Waals surface area contributed by atoms with Gasteiger partial charge in [-0.3, -0.25) is 9.52 Å². The van der Waals surface area contributed by atoms with E-state index in [1.807, 2.05) is 0 Å². The minimum atomic E-state index is -4.07. The first-order valence-electron chi connectivity index (χ1n) is 9.23. The summed E-state index contributed by atoms with van der Waals surface area (Å²) in [7, 11) is -1.12. The van der Waals surface area contributed by atoms with Gasteiger partial charge in [0.05, 0.1) is 41.6 Å². The van der Waals surface area contributed by atoms with Crippen molar-refractivity contribution in [3.63, 3.8) is 0 Å². The molecule has 3 aromatic carbocycles. The average molecular weight is 456 g/mol. The van der Waals surface area contributed by atoms with Gasteiger partial charge in [-0.15, -0.1) is 0 Å². The van der Waals surface area contributed by atoms with Crippen LogP contribution in [0, 0.1) is 0 Å². The molecule has 3 rings (SSSR count). The molecule has 0 aliphatic carbocycles. The zero-order valence-electron chi connectivity index (χ0n) is 17.2. The van der Waals surface area contributed by atoms with Crippen LogP contribution in [0.5, 0.6) is 11.5 Å². The number of hydrogen-bond acceptors (Lipinski definition) is 6. The Hall–Kier alpha value is -4.05. The molecule has 0 fully saturated rings. The Morgan fingerprint density at radius 2 is 1.56 bits per heavy atom. The van der Waals surface area contributed by atoms with E-state index in [1.165, 1.54) is 50.6 Å². The second-order valence-corrected chi connectivity index (χ2v) is 8.18. The molecule has 0 saturated carbocycles. The van der Waals surface area contributed by atoms with Crippen LogP contribution in [-0.2, 0) is 10.0 Å². The molecule has 10 heteroatoms. The van der Waals surface area contributed by atoms with E-state index >= 15 is 0 Å². The standard InChI is InChI=1S/C22H20N2O7S/c1-30-15-9-12-19(20(13-15)31-2)23-21(25)17-5-3-4-6-18(17)24-32(28,29)16-10-7-14(8-11-16)22(26)27/h3-13,24H,1-2H3,(H,23,25)(H,26,27). The maximum atomic E-state index is 12.9. The number of amides is 1. The number of sulfonamides is 1. The maximum Gasteiger partial charge on any atom is 0.335 e.